The van der Waals surface area contributed by atoms with Crippen LogP contribution in [0.15, 0.2) is 30.3 Å². The molecule has 2 rings (SSSR count). The summed E-state index contributed by atoms with van der Waals surface area (Å²) in [5.74, 6) is -0.829. The Labute approximate surface area is 141 Å². The van der Waals surface area contributed by atoms with E-state index in [2.05, 4.69) is 10.9 Å². The third-order valence-corrected chi connectivity index (χ3v) is 3.93. The monoisotopic (exact) mass is 329 g/mol. The molecule has 0 unspecified atom stereocenters. The second kappa shape index (κ2) is 8.86. The molecule has 0 aliphatic carbocycles. The van der Waals surface area contributed by atoms with Gasteiger partial charge in [0.15, 0.2) is 0 Å². The molecule has 6 heteroatoms. The van der Waals surface area contributed by atoms with Crippen molar-refractivity contribution < 1.29 is 14.4 Å². The maximum atomic E-state index is 11.9. The lowest BCUT2D eigenvalue weighted by Crippen LogP contribution is -2.47. The van der Waals surface area contributed by atoms with Gasteiger partial charge < -0.3 is 4.90 Å². The molecular formula is C18H23N3O3. The molecule has 0 aromatic heterocycles. The Bertz CT molecular complexity index is 640. The molecule has 24 heavy (non-hydrogen) atoms. The van der Waals surface area contributed by atoms with Crippen molar-refractivity contribution >= 4 is 23.8 Å². The molecule has 3 amide bonds. The second-order valence-electron chi connectivity index (χ2n) is 5.85. The number of likely N-dealkylation sites (tertiary alicyclic amines) is 1. The minimum Gasteiger partial charge on any atom is -0.333 e. The number of nitrogens with one attached hydrogen (secondary N) is 2. The predicted octanol–water partition coefficient (Wildman–Crippen LogP) is 1.56. The second-order valence-corrected chi connectivity index (χ2v) is 5.85. The number of carbonyl (C=O) groups excluding carboxylic acids is 3. The summed E-state index contributed by atoms with van der Waals surface area (Å²) < 4.78 is 0. The predicted molar refractivity (Wildman–Crippen MR) is 91.5 cm³/mol. The summed E-state index contributed by atoms with van der Waals surface area (Å²) in [6, 6.07) is 7.68. The SMILES string of the molecule is Cc1ccccc1/C=C/C(=O)NNC(=O)CN1CCCCCC1=O. The Morgan fingerprint density at radius 3 is 2.75 bits per heavy atom. The maximum Gasteiger partial charge on any atom is 0.262 e. The molecule has 0 bridgehead atoms. The van der Waals surface area contributed by atoms with Crippen LogP contribution in [-0.4, -0.2) is 35.7 Å². The van der Waals surface area contributed by atoms with Crippen LogP contribution < -0.4 is 10.9 Å². The molecular weight excluding hydrogens is 306 g/mol. The van der Waals surface area contributed by atoms with E-state index in [0.717, 1.165) is 30.4 Å². The van der Waals surface area contributed by atoms with Gasteiger partial charge in [-0.05, 0) is 37.0 Å². The van der Waals surface area contributed by atoms with Gasteiger partial charge in [0.05, 0.1) is 0 Å². The zero-order valence-corrected chi connectivity index (χ0v) is 13.9. The van der Waals surface area contributed by atoms with Gasteiger partial charge in [-0.2, -0.15) is 0 Å². The number of amides is 3. The van der Waals surface area contributed by atoms with Gasteiger partial charge in [0.2, 0.25) is 5.91 Å². The molecule has 128 valence electrons. The van der Waals surface area contributed by atoms with Gasteiger partial charge in [-0.25, -0.2) is 0 Å². The Morgan fingerprint density at radius 1 is 1.17 bits per heavy atom. The normalized spacial score (nSPS) is 15.2. The van der Waals surface area contributed by atoms with Crippen LogP contribution in [0.2, 0.25) is 0 Å². The van der Waals surface area contributed by atoms with Crippen molar-refractivity contribution in [2.45, 2.75) is 32.6 Å². The van der Waals surface area contributed by atoms with Crippen molar-refractivity contribution in [1.29, 1.82) is 0 Å². The van der Waals surface area contributed by atoms with Crippen LogP contribution in [0.1, 0.15) is 36.8 Å². The lowest BCUT2D eigenvalue weighted by Gasteiger charge is -2.19. The van der Waals surface area contributed by atoms with E-state index in [1.165, 1.54) is 11.0 Å². The van der Waals surface area contributed by atoms with E-state index in [4.69, 9.17) is 0 Å². The summed E-state index contributed by atoms with van der Waals surface area (Å²) in [4.78, 5) is 37.0. The number of hydrogen-bond donors (Lipinski definition) is 2. The molecule has 0 spiro atoms. The van der Waals surface area contributed by atoms with E-state index in [-0.39, 0.29) is 12.5 Å². The fourth-order valence-electron chi connectivity index (χ4n) is 2.53. The molecule has 2 N–H and O–H groups in total. The number of benzene rings is 1. The molecule has 1 heterocycles. The topological polar surface area (TPSA) is 78.5 Å². The highest BCUT2D eigenvalue weighted by Gasteiger charge is 2.19. The number of hydrogen-bond acceptors (Lipinski definition) is 3. The third kappa shape index (κ3) is 5.53. The Kier molecular flexibility index (Phi) is 6.54. The number of hydrazine groups is 1. The Balaban J connectivity index is 1.77. The standard InChI is InChI=1S/C18H23N3O3/c1-14-7-4-5-8-15(14)10-11-16(22)19-20-17(23)13-21-12-6-2-3-9-18(21)24/h4-5,7-8,10-11H,2-3,6,9,12-13H2,1H3,(H,19,22)(H,20,23)/b11-10+. The minimum absolute atomic E-state index is 0.00609. The van der Waals surface area contributed by atoms with E-state index < -0.39 is 11.8 Å². The molecule has 1 aliphatic heterocycles. The molecule has 0 radical (unpaired) electrons. The minimum atomic E-state index is -0.422. The van der Waals surface area contributed by atoms with E-state index in [1.807, 2.05) is 31.2 Å². The van der Waals surface area contributed by atoms with Crippen molar-refractivity contribution in [3.63, 3.8) is 0 Å². The van der Waals surface area contributed by atoms with E-state index in [1.54, 1.807) is 6.08 Å². The summed E-state index contributed by atoms with van der Waals surface area (Å²) >= 11 is 0. The summed E-state index contributed by atoms with van der Waals surface area (Å²) in [6.45, 7) is 2.52. The first-order chi connectivity index (χ1) is 11.6. The molecule has 0 atom stereocenters. The van der Waals surface area contributed by atoms with Gasteiger partial charge in [-0.1, -0.05) is 30.7 Å². The van der Waals surface area contributed by atoms with Crippen molar-refractivity contribution in [2.75, 3.05) is 13.1 Å². The van der Waals surface area contributed by atoms with E-state index in [9.17, 15) is 14.4 Å². The molecule has 0 saturated carbocycles. The van der Waals surface area contributed by atoms with Crippen molar-refractivity contribution in [3.05, 3.63) is 41.5 Å². The number of aryl methyl sites for hydroxylation is 1. The fraction of sp³-hybridized carbons (Fsp3) is 0.389. The molecule has 1 aromatic rings. The summed E-state index contributed by atoms with van der Waals surface area (Å²) in [6.07, 6.45) is 6.32. The largest absolute Gasteiger partial charge is 0.333 e. The maximum absolute atomic E-state index is 11.9. The van der Waals surface area contributed by atoms with Crippen LogP contribution in [-0.2, 0) is 14.4 Å². The van der Waals surface area contributed by atoms with Gasteiger partial charge in [0.1, 0.15) is 6.54 Å². The quantitative estimate of drug-likeness (QED) is 0.650. The molecule has 6 nitrogen and oxygen atoms in total. The zero-order valence-electron chi connectivity index (χ0n) is 13.9. The first-order valence-electron chi connectivity index (χ1n) is 8.16. The summed E-state index contributed by atoms with van der Waals surface area (Å²) in [7, 11) is 0. The highest BCUT2D eigenvalue weighted by Crippen LogP contribution is 2.10. The molecule has 1 aromatic carbocycles. The van der Waals surface area contributed by atoms with Gasteiger partial charge in [0.25, 0.3) is 11.8 Å². The Hall–Kier alpha value is -2.63. The lowest BCUT2D eigenvalue weighted by atomic mass is 10.1. The summed E-state index contributed by atoms with van der Waals surface area (Å²) in [5.41, 5.74) is 6.67. The smallest absolute Gasteiger partial charge is 0.262 e. The van der Waals surface area contributed by atoms with Crippen LogP contribution in [0.25, 0.3) is 6.08 Å². The van der Waals surface area contributed by atoms with Crippen LogP contribution in [0, 0.1) is 6.92 Å². The van der Waals surface area contributed by atoms with Crippen molar-refractivity contribution in [3.8, 4) is 0 Å². The average molecular weight is 329 g/mol. The van der Waals surface area contributed by atoms with Crippen molar-refractivity contribution in [1.82, 2.24) is 15.8 Å². The molecule has 1 aliphatic rings. The Morgan fingerprint density at radius 2 is 1.96 bits per heavy atom. The number of nitrogens with zero attached hydrogens (tertiary/aromatic N) is 1. The van der Waals surface area contributed by atoms with Crippen LogP contribution >= 0.6 is 0 Å². The zero-order chi connectivity index (χ0) is 17.4. The molecule has 1 fully saturated rings. The third-order valence-electron chi connectivity index (χ3n) is 3.93. The highest BCUT2D eigenvalue weighted by molar-refractivity contribution is 5.93. The average Bonchev–Trinajstić information content (AvgIpc) is 2.77. The first-order valence-corrected chi connectivity index (χ1v) is 8.16. The van der Waals surface area contributed by atoms with Crippen LogP contribution in [0.3, 0.4) is 0 Å². The fourth-order valence-corrected chi connectivity index (χ4v) is 2.53. The lowest BCUT2D eigenvalue weighted by molar-refractivity contribution is -0.136. The van der Waals surface area contributed by atoms with Gasteiger partial charge in [0, 0.05) is 19.0 Å². The van der Waals surface area contributed by atoms with Gasteiger partial charge in [-0.15, -0.1) is 0 Å². The van der Waals surface area contributed by atoms with E-state index in [0.29, 0.717) is 13.0 Å². The molecule has 1 saturated heterocycles. The first kappa shape index (κ1) is 17.7. The van der Waals surface area contributed by atoms with Crippen LogP contribution in [0.5, 0.6) is 0 Å². The summed E-state index contributed by atoms with van der Waals surface area (Å²) in [5, 5.41) is 0. The van der Waals surface area contributed by atoms with Gasteiger partial charge in [-0.3, -0.25) is 25.2 Å². The van der Waals surface area contributed by atoms with E-state index >= 15 is 0 Å². The van der Waals surface area contributed by atoms with Crippen molar-refractivity contribution in [2.24, 2.45) is 0 Å². The number of rotatable bonds is 4. The van der Waals surface area contributed by atoms with Crippen LogP contribution in [0.4, 0.5) is 0 Å². The highest BCUT2D eigenvalue weighted by atomic mass is 16.2. The number of carbonyl (C=O) groups is 3. The van der Waals surface area contributed by atoms with Gasteiger partial charge >= 0.3 is 0 Å².